The summed E-state index contributed by atoms with van der Waals surface area (Å²) < 4.78 is 7.45. The van der Waals surface area contributed by atoms with E-state index in [0.717, 1.165) is 19.0 Å². The molecule has 9 nitrogen and oxygen atoms in total. The van der Waals surface area contributed by atoms with Crippen molar-refractivity contribution in [3.63, 3.8) is 0 Å². The molecule has 2 saturated heterocycles. The van der Waals surface area contributed by atoms with E-state index in [0.29, 0.717) is 29.7 Å². The first-order valence-electron chi connectivity index (χ1n) is 7.24. The molecule has 22 heavy (non-hydrogen) atoms. The molecule has 2 unspecified atom stereocenters. The molecule has 0 amide bonds. The van der Waals surface area contributed by atoms with Crippen molar-refractivity contribution in [2.45, 2.75) is 18.5 Å². The van der Waals surface area contributed by atoms with Crippen LogP contribution in [-0.2, 0) is 0 Å². The number of fused-ring (bicyclic) bond motifs is 3. The van der Waals surface area contributed by atoms with Crippen LogP contribution < -0.4 is 15.5 Å². The zero-order valence-corrected chi connectivity index (χ0v) is 11.7. The van der Waals surface area contributed by atoms with Gasteiger partial charge < -0.3 is 14.6 Å². The molecule has 3 aromatic rings. The highest BCUT2D eigenvalue weighted by atomic mass is 16.4. The predicted octanol–water partition coefficient (Wildman–Crippen LogP) is 0.406. The highest BCUT2D eigenvalue weighted by Crippen LogP contribution is 2.32. The molecule has 2 aliphatic rings. The van der Waals surface area contributed by atoms with Gasteiger partial charge in [0.25, 0.3) is 5.78 Å². The van der Waals surface area contributed by atoms with Gasteiger partial charge in [-0.2, -0.15) is 19.6 Å². The van der Waals surface area contributed by atoms with Crippen LogP contribution in [0.2, 0.25) is 0 Å². The van der Waals surface area contributed by atoms with Crippen LogP contribution in [-0.4, -0.2) is 49.7 Å². The molecule has 5 heterocycles. The van der Waals surface area contributed by atoms with Crippen LogP contribution in [0, 0.1) is 0 Å². The van der Waals surface area contributed by atoms with E-state index in [1.807, 2.05) is 12.1 Å². The molecule has 0 spiro atoms. The zero-order valence-electron chi connectivity index (χ0n) is 11.7. The second kappa shape index (κ2) is 4.41. The molecule has 0 aliphatic carbocycles. The monoisotopic (exact) mass is 298 g/mol. The molecule has 2 N–H and O–H groups in total. The molecule has 2 fully saturated rings. The van der Waals surface area contributed by atoms with Gasteiger partial charge in [0.2, 0.25) is 11.8 Å². The fourth-order valence-corrected chi connectivity index (χ4v) is 3.24. The molecule has 2 aliphatic heterocycles. The SMILES string of the molecule is c1nc(Nc2ccc(N3CC4CC3CN4)o2)n2ncnc2n1. The van der Waals surface area contributed by atoms with Crippen LogP contribution >= 0.6 is 0 Å². The van der Waals surface area contributed by atoms with Gasteiger partial charge in [-0.3, -0.25) is 5.32 Å². The number of furan rings is 1. The normalized spacial score (nSPS) is 23.5. The molecule has 0 saturated carbocycles. The molecule has 0 radical (unpaired) electrons. The molecule has 9 heteroatoms. The van der Waals surface area contributed by atoms with Crippen LogP contribution in [0.1, 0.15) is 6.42 Å². The van der Waals surface area contributed by atoms with Gasteiger partial charge in [0.1, 0.15) is 12.7 Å². The fourth-order valence-electron chi connectivity index (χ4n) is 3.24. The van der Waals surface area contributed by atoms with E-state index in [1.165, 1.54) is 23.6 Å². The molecular weight excluding hydrogens is 284 g/mol. The van der Waals surface area contributed by atoms with E-state index in [-0.39, 0.29) is 0 Å². The molecular formula is C13H14N8O. The van der Waals surface area contributed by atoms with Gasteiger partial charge in [0.15, 0.2) is 5.88 Å². The van der Waals surface area contributed by atoms with Gasteiger partial charge in [-0.1, -0.05) is 0 Å². The predicted molar refractivity (Wildman–Crippen MR) is 78.1 cm³/mol. The molecule has 0 aromatic carbocycles. The summed E-state index contributed by atoms with van der Waals surface area (Å²) in [5, 5.41) is 10.7. The van der Waals surface area contributed by atoms with Gasteiger partial charge in [0, 0.05) is 37.3 Å². The minimum atomic E-state index is 0.493. The maximum atomic E-state index is 5.91. The lowest BCUT2D eigenvalue weighted by Gasteiger charge is -2.26. The summed E-state index contributed by atoms with van der Waals surface area (Å²) in [6, 6.07) is 5.01. The summed E-state index contributed by atoms with van der Waals surface area (Å²) in [7, 11) is 0. The van der Waals surface area contributed by atoms with Crippen molar-refractivity contribution >= 4 is 23.5 Å². The number of hydrogen-bond donors (Lipinski definition) is 2. The lowest BCUT2D eigenvalue weighted by atomic mass is 10.2. The highest BCUT2D eigenvalue weighted by Gasteiger charge is 2.38. The summed E-state index contributed by atoms with van der Waals surface area (Å²) in [4.78, 5) is 14.6. The molecule has 2 atom stereocenters. The third kappa shape index (κ3) is 1.75. The number of aromatic nitrogens is 5. The first-order valence-corrected chi connectivity index (χ1v) is 7.24. The van der Waals surface area contributed by atoms with Gasteiger partial charge >= 0.3 is 0 Å². The van der Waals surface area contributed by atoms with E-state index < -0.39 is 0 Å². The van der Waals surface area contributed by atoms with Crippen LogP contribution in [0.15, 0.2) is 29.2 Å². The Labute approximate surface area is 125 Å². The Hall–Kier alpha value is -2.68. The van der Waals surface area contributed by atoms with E-state index in [4.69, 9.17) is 4.42 Å². The topological polar surface area (TPSA) is 96.4 Å². The van der Waals surface area contributed by atoms with Crippen LogP contribution in [0.25, 0.3) is 5.78 Å². The summed E-state index contributed by atoms with van der Waals surface area (Å²) in [6.45, 7) is 2.03. The molecule has 5 rings (SSSR count). The van der Waals surface area contributed by atoms with Crippen molar-refractivity contribution in [3.8, 4) is 0 Å². The Morgan fingerprint density at radius 2 is 2.18 bits per heavy atom. The van der Waals surface area contributed by atoms with Crippen molar-refractivity contribution in [2.24, 2.45) is 0 Å². The average Bonchev–Trinajstić information content (AvgIpc) is 3.31. The summed E-state index contributed by atoms with van der Waals surface area (Å²) >= 11 is 0. The lowest BCUT2D eigenvalue weighted by Crippen LogP contribution is -2.43. The van der Waals surface area contributed by atoms with Gasteiger partial charge in [-0.05, 0) is 6.42 Å². The molecule has 3 aromatic heterocycles. The van der Waals surface area contributed by atoms with Crippen molar-refractivity contribution in [1.82, 2.24) is 29.9 Å². The minimum absolute atomic E-state index is 0.493. The van der Waals surface area contributed by atoms with Gasteiger partial charge in [-0.25, -0.2) is 4.98 Å². The standard InChI is InChI=1S/C13H14N8O/c1-2-11(20-5-8-3-9(20)4-14-8)22-10(1)19-13-16-6-15-12-17-7-18-21(12)13/h1-2,6-9,14H,3-5H2,(H,15,16,17,18,19). The smallest absolute Gasteiger partial charge is 0.256 e. The van der Waals surface area contributed by atoms with E-state index >= 15 is 0 Å². The molecule has 2 bridgehead atoms. The van der Waals surface area contributed by atoms with Crippen molar-refractivity contribution in [3.05, 3.63) is 24.8 Å². The quantitative estimate of drug-likeness (QED) is 0.717. The Kier molecular flexibility index (Phi) is 2.39. The van der Waals surface area contributed by atoms with E-state index in [1.54, 1.807) is 0 Å². The number of nitrogens with zero attached hydrogens (tertiary/aromatic N) is 6. The third-order valence-electron chi connectivity index (χ3n) is 4.25. The number of hydrogen-bond acceptors (Lipinski definition) is 8. The van der Waals surface area contributed by atoms with Crippen LogP contribution in [0.5, 0.6) is 0 Å². The third-order valence-corrected chi connectivity index (χ3v) is 4.25. The van der Waals surface area contributed by atoms with Crippen LogP contribution in [0.4, 0.5) is 17.7 Å². The van der Waals surface area contributed by atoms with E-state index in [9.17, 15) is 0 Å². The first kappa shape index (κ1) is 11.9. The Bertz CT molecular complexity index is 826. The second-order valence-corrected chi connectivity index (χ2v) is 5.58. The Balaban J connectivity index is 1.41. The van der Waals surface area contributed by atoms with Crippen molar-refractivity contribution in [1.29, 1.82) is 0 Å². The van der Waals surface area contributed by atoms with E-state index in [2.05, 4.69) is 35.6 Å². The number of nitrogens with one attached hydrogen (secondary N) is 2. The minimum Gasteiger partial charge on any atom is -0.425 e. The lowest BCUT2D eigenvalue weighted by molar-refractivity contribution is 0.512. The molecule has 112 valence electrons. The van der Waals surface area contributed by atoms with Crippen LogP contribution in [0.3, 0.4) is 0 Å². The summed E-state index contributed by atoms with van der Waals surface area (Å²) in [6.07, 6.45) is 4.08. The number of anilines is 3. The first-order chi connectivity index (χ1) is 10.9. The largest absolute Gasteiger partial charge is 0.425 e. The van der Waals surface area contributed by atoms with Crippen molar-refractivity contribution < 1.29 is 4.42 Å². The maximum absolute atomic E-state index is 5.91. The summed E-state index contributed by atoms with van der Waals surface area (Å²) in [5.74, 6) is 2.53. The second-order valence-electron chi connectivity index (χ2n) is 5.58. The zero-order chi connectivity index (χ0) is 14.5. The van der Waals surface area contributed by atoms with Gasteiger partial charge in [-0.15, -0.1) is 0 Å². The van der Waals surface area contributed by atoms with Crippen molar-refractivity contribution in [2.75, 3.05) is 23.3 Å². The fraction of sp³-hybridized carbons (Fsp3) is 0.385. The summed E-state index contributed by atoms with van der Waals surface area (Å²) in [5.41, 5.74) is 0. The highest BCUT2D eigenvalue weighted by molar-refractivity contribution is 5.53. The number of rotatable bonds is 3. The Morgan fingerprint density at radius 3 is 3.05 bits per heavy atom. The Morgan fingerprint density at radius 1 is 1.23 bits per heavy atom. The maximum Gasteiger partial charge on any atom is 0.256 e. The average molecular weight is 298 g/mol. The number of piperazine rings is 1. The van der Waals surface area contributed by atoms with Gasteiger partial charge in [0.05, 0.1) is 0 Å².